The number of halogens is 9. The summed E-state index contributed by atoms with van der Waals surface area (Å²) in [5.41, 5.74) is 1.76. The normalized spacial score (nSPS) is 16.5. The molecule has 0 atom stereocenters. The van der Waals surface area contributed by atoms with Crippen molar-refractivity contribution in [3.8, 4) is 11.4 Å². The third-order valence-corrected chi connectivity index (χ3v) is 8.90. The number of allylic oxidation sites excluding steroid dienone is 6. The minimum Gasteiger partial charge on any atom is -0.869 e. The molecule has 3 aromatic carbocycles. The van der Waals surface area contributed by atoms with Crippen molar-refractivity contribution in [1.82, 2.24) is 9.97 Å². The Kier molecular flexibility index (Phi) is 15.8. The first-order valence-corrected chi connectivity index (χ1v) is 17.3. The molecule has 2 aromatic heterocycles. The quantitative estimate of drug-likeness (QED) is 0.0998. The molecule has 0 saturated carbocycles. The van der Waals surface area contributed by atoms with E-state index in [0.29, 0.717) is 16.7 Å². The molecule has 61 heavy (non-hydrogen) atoms. The molecule has 0 unspecified atom stereocenters. The van der Waals surface area contributed by atoms with Crippen LogP contribution in [0.25, 0.3) is 11.4 Å². The van der Waals surface area contributed by atoms with Crippen LogP contribution in [0.5, 0.6) is 0 Å². The molecule has 0 bridgehead atoms. The van der Waals surface area contributed by atoms with E-state index < -0.39 is 69.9 Å². The minimum atomic E-state index is -4.98. The van der Waals surface area contributed by atoms with Crippen molar-refractivity contribution in [3.05, 3.63) is 189 Å². The Morgan fingerprint density at radius 3 is 0.869 bits per heavy atom. The maximum absolute atomic E-state index is 12.2. The molecule has 18 heteroatoms. The Labute approximate surface area is 381 Å². The molecule has 0 amide bonds. The first-order valence-electron chi connectivity index (χ1n) is 17.3. The topological polar surface area (TPSA) is 146 Å². The SMILES string of the molecule is O=C1/C(=C(\[O-])C(F)(F)F)Cc2ccccc21.O=C1/C(=C(\[O-])C(F)(F)F)Cc2ccccc21.O=C1/C(=C(\[O-])C(F)(F)F)Cc2ccccc21.[Eu+3].c1ccc(-c2ccccn2)nc1. The molecule has 2 heterocycles. The van der Waals surface area contributed by atoms with Gasteiger partial charge in [0, 0.05) is 65.1 Å². The predicted molar refractivity (Wildman–Crippen MR) is 190 cm³/mol. The van der Waals surface area contributed by atoms with Crippen molar-refractivity contribution in [2.24, 2.45) is 0 Å². The van der Waals surface area contributed by atoms with Crippen LogP contribution < -0.4 is 15.3 Å². The summed E-state index contributed by atoms with van der Waals surface area (Å²) in [6, 6.07) is 30.0. The summed E-state index contributed by atoms with van der Waals surface area (Å²) in [5.74, 6) is -8.52. The van der Waals surface area contributed by atoms with Gasteiger partial charge in [-0.1, -0.05) is 84.9 Å². The van der Waals surface area contributed by atoms with Gasteiger partial charge >= 0.3 is 67.9 Å². The summed E-state index contributed by atoms with van der Waals surface area (Å²) < 4.78 is 110. The van der Waals surface area contributed by atoms with Gasteiger partial charge in [-0.25, -0.2) is 0 Å². The molecule has 0 aliphatic heterocycles. The number of aromatic nitrogens is 2. The summed E-state index contributed by atoms with van der Waals surface area (Å²) in [7, 11) is 0. The molecule has 0 N–H and O–H groups in total. The third-order valence-electron chi connectivity index (χ3n) is 8.90. The zero-order valence-electron chi connectivity index (χ0n) is 30.8. The Bertz CT molecular complexity index is 2260. The van der Waals surface area contributed by atoms with Crippen LogP contribution in [0.2, 0.25) is 0 Å². The van der Waals surface area contributed by atoms with E-state index in [1.54, 1.807) is 67.0 Å². The van der Waals surface area contributed by atoms with Crippen LogP contribution in [0, 0.1) is 49.4 Å². The largest absolute Gasteiger partial charge is 3.00 e. The number of fused-ring (bicyclic) bond motifs is 3. The number of pyridine rings is 2. The molecule has 0 fully saturated rings. The Balaban J connectivity index is 0.000000179. The van der Waals surface area contributed by atoms with Crippen molar-refractivity contribution >= 4 is 17.3 Å². The molecule has 0 radical (unpaired) electrons. The van der Waals surface area contributed by atoms with Gasteiger partial charge in [-0.3, -0.25) is 24.4 Å². The monoisotopic (exact) mass is 990 g/mol. The first kappa shape index (κ1) is 48.2. The number of carbonyl (C=O) groups excluding carboxylic acids is 3. The first-order chi connectivity index (χ1) is 28.2. The van der Waals surface area contributed by atoms with Gasteiger partial charge in [-0.2, -0.15) is 39.5 Å². The van der Waals surface area contributed by atoms with Crippen molar-refractivity contribution in [1.29, 1.82) is 0 Å². The van der Waals surface area contributed by atoms with E-state index in [-0.39, 0.29) is 85.3 Å². The van der Waals surface area contributed by atoms with Crippen LogP contribution in [0.3, 0.4) is 0 Å². The van der Waals surface area contributed by atoms with Crippen molar-refractivity contribution < 1.29 is 119 Å². The fraction of sp³-hybridized carbons (Fsp3) is 0.140. The van der Waals surface area contributed by atoms with E-state index in [0.717, 1.165) is 11.4 Å². The van der Waals surface area contributed by atoms with Crippen molar-refractivity contribution in [3.63, 3.8) is 0 Å². The molecule has 8 rings (SSSR count). The second kappa shape index (κ2) is 19.9. The molecule has 3 aliphatic carbocycles. The van der Waals surface area contributed by atoms with E-state index in [9.17, 15) is 69.2 Å². The number of carbonyl (C=O) groups is 3. The van der Waals surface area contributed by atoms with Gasteiger partial charge in [0.1, 0.15) is 0 Å². The number of ketones is 3. The van der Waals surface area contributed by atoms with Crippen LogP contribution in [-0.2, 0) is 19.3 Å². The zero-order valence-corrected chi connectivity index (χ0v) is 33.2. The Morgan fingerprint density at radius 2 is 0.656 bits per heavy atom. The molecule has 0 saturated heterocycles. The average molecular weight is 990 g/mol. The second-order valence-corrected chi connectivity index (χ2v) is 12.8. The van der Waals surface area contributed by atoms with Crippen molar-refractivity contribution in [2.45, 2.75) is 37.8 Å². The summed E-state index contributed by atoms with van der Waals surface area (Å²) in [5, 5.41) is 32.9. The Hall–Kier alpha value is -5.46. The number of nitrogens with zero attached hydrogens (tertiary/aromatic N) is 2. The summed E-state index contributed by atoms with van der Waals surface area (Å²) in [4.78, 5) is 43.0. The van der Waals surface area contributed by atoms with E-state index in [1.807, 2.05) is 36.4 Å². The van der Waals surface area contributed by atoms with Gasteiger partial charge < -0.3 is 15.3 Å². The Morgan fingerprint density at radius 1 is 0.410 bits per heavy atom. The molecule has 5 aromatic rings. The zero-order chi connectivity index (χ0) is 44.0. The number of rotatable bonds is 1. The summed E-state index contributed by atoms with van der Waals surface area (Å²) >= 11 is 0. The van der Waals surface area contributed by atoms with E-state index in [4.69, 9.17) is 0 Å². The fourth-order valence-corrected chi connectivity index (χ4v) is 6.08. The van der Waals surface area contributed by atoms with Crippen molar-refractivity contribution in [2.75, 3.05) is 0 Å². The smallest absolute Gasteiger partial charge is 0.869 e. The standard InChI is InChI=1S/3C11H7F3O2.C10H8N2.Eu/c3*12-11(13,14)10(16)8-5-6-3-1-2-4-7(6)9(8)15;1-3-7-11-9(5-1)10-6-2-4-8-12-10;/h3*1-4,16H,5H2;1-8H;/q;;;;+3/p-3/b3*10-8-;;. The molecular weight excluding hydrogens is 963 g/mol. The number of alkyl halides is 9. The van der Waals surface area contributed by atoms with Gasteiger partial charge in [0.25, 0.3) is 0 Å². The van der Waals surface area contributed by atoms with Gasteiger partial charge in [0.05, 0.1) is 11.4 Å². The number of Topliss-reactive ketones (excluding diaryl/α,β-unsaturated/α-hetero) is 3. The fourth-order valence-electron chi connectivity index (χ4n) is 6.08. The maximum Gasteiger partial charge on any atom is 3.00 e. The molecule has 0 spiro atoms. The number of hydrogen-bond acceptors (Lipinski definition) is 8. The van der Waals surface area contributed by atoms with Gasteiger partial charge in [0.2, 0.25) is 0 Å². The molecular formula is C43H26EuF9N2O6. The summed E-state index contributed by atoms with van der Waals surface area (Å²) in [6.07, 6.45) is -12.1. The van der Waals surface area contributed by atoms with E-state index >= 15 is 0 Å². The molecule has 3 aliphatic rings. The van der Waals surface area contributed by atoms with Gasteiger partial charge in [-0.05, 0) is 58.2 Å². The van der Waals surface area contributed by atoms with Crippen LogP contribution in [0.4, 0.5) is 39.5 Å². The van der Waals surface area contributed by atoms with Crippen LogP contribution in [0.1, 0.15) is 47.8 Å². The van der Waals surface area contributed by atoms with Crippen LogP contribution >= 0.6 is 0 Å². The van der Waals surface area contributed by atoms with E-state index in [1.165, 1.54) is 18.2 Å². The maximum atomic E-state index is 12.2. The molecule has 314 valence electrons. The third kappa shape index (κ3) is 11.7. The van der Waals surface area contributed by atoms with Crippen LogP contribution in [-0.4, -0.2) is 45.8 Å². The second-order valence-electron chi connectivity index (χ2n) is 12.8. The van der Waals surface area contributed by atoms with E-state index in [2.05, 4.69) is 9.97 Å². The van der Waals surface area contributed by atoms with Gasteiger partial charge in [0.15, 0.2) is 17.3 Å². The number of hydrogen-bond donors (Lipinski definition) is 0. The summed E-state index contributed by atoms with van der Waals surface area (Å²) in [6.45, 7) is 0. The minimum absolute atomic E-state index is 0. The average Bonchev–Trinajstić information content (AvgIpc) is 3.87. The predicted octanol–water partition coefficient (Wildman–Crippen LogP) is 6.95. The van der Waals surface area contributed by atoms with Gasteiger partial charge in [-0.15, -0.1) is 0 Å². The van der Waals surface area contributed by atoms with Crippen LogP contribution in [0.15, 0.2) is 156 Å². The molecule has 8 nitrogen and oxygen atoms in total. The number of benzene rings is 3.